The van der Waals surface area contributed by atoms with E-state index in [-0.39, 0.29) is 53.4 Å². The first-order chi connectivity index (χ1) is 20.2. The van der Waals surface area contributed by atoms with E-state index < -0.39 is 32.2 Å². The van der Waals surface area contributed by atoms with Crippen molar-refractivity contribution < 1.29 is 31.5 Å². The number of aliphatic hydroxyl groups is 1. The summed E-state index contributed by atoms with van der Waals surface area (Å²) in [5.41, 5.74) is 1.57. The van der Waals surface area contributed by atoms with Crippen LogP contribution in [0.1, 0.15) is 25.0 Å². The Balaban J connectivity index is 1.68. The molecule has 232 valence electrons. The summed E-state index contributed by atoms with van der Waals surface area (Å²) in [6, 6.07) is 16.4. The summed E-state index contributed by atoms with van der Waals surface area (Å²) < 4.78 is 62.9. The number of fused-ring (bicyclic) bond motifs is 1. The molecule has 0 bridgehead atoms. The number of nitrogens with one attached hydrogen (secondary N) is 1. The van der Waals surface area contributed by atoms with Crippen LogP contribution in [0.4, 0.5) is 5.69 Å². The normalized spacial score (nSPS) is 18.7. The van der Waals surface area contributed by atoms with Gasteiger partial charge in [0, 0.05) is 35.8 Å². The van der Waals surface area contributed by atoms with Crippen molar-refractivity contribution in [2.75, 3.05) is 31.5 Å². The zero-order valence-corrected chi connectivity index (χ0v) is 26.8. The fourth-order valence-corrected chi connectivity index (χ4v) is 7.14. The summed E-state index contributed by atoms with van der Waals surface area (Å²) >= 11 is 5.90. The van der Waals surface area contributed by atoms with Crippen molar-refractivity contribution in [2.45, 2.75) is 49.1 Å². The van der Waals surface area contributed by atoms with Crippen molar-refractivity contribution in [3.8, 4) is 5.75 Å². The van der Waals surface area contributed by atoms with E-state index in [4.69, 9.17) is 16.3 Å². The molecule has 1 aliphatic heterocycles. The van der Waals surface area contributed by atoms with E-state index in [1.807, 2.05) is 13.8 Å². The Morgan fingerprint density at radius 3 is 2.30 bits per heavy atom. The fraction of sp³-hybridized carbons (Fsp3) is 0.367. The molecular weight excluding hydrogens is 614 g/mol. The monoisotopic (exact) mass is 649 g/mol. The molecule has 0 spiro atoms. The van der Waals surface area contributed by atoms with Crippen LogP contribution >= 0.6 is 11.6 Å². The van der Waals surface area contributed by atoms with Gasteiger partial charge in [0.15, 0.2) is 0 Å². The minimum Gasteiger partial charge on any atom is -0.488 e. The van der Waals surface area contributed by atoms with Crippen molar-refractivity contribution in [2.24, 2.45) is 5.92 Å². The summed E-state index contributed by atoms with van der Waals surface area (Å²) in [6.07, 6.45) is -0.799. The summed E-state index contributed by atoms with van der Waals surface area (Å²) in [5, 5.41) is 10.3. The molecule has 0 radical (unpaired) electrons. The zero-order valence-electron chi connectivity index (χ0n) is 24.4. The highest BCUT2D eigenvalue weighted by Gasteiger charge is 2.33. The van der Waals surface area contributed by atoms with Crippen LogP contribution in [-0.2, 0) is 31.3 Å². The highest BCUT2D eigenvalue weighted by atomic mass is 35.5. The third-order valence-electron chi connectivity index (χ3n) is 7.46. The van der Waals surface area contributed by atoms with E-state index in [2.05, 4.69) is 4.72 Å². The number of hydrogen-bond donors (Lipinski definition) is 2. The van der Waals surface area contributed by atoms with Crippen molar-refractivity contribution in [1.29, 1.82) is 0 Å². The molecule has 0 saturated heterocycles. The second-order valence-corrected chi connectivity index (χ2v) is 15.0. The summed E-state index contributed by atoms with van der Waals surface area (Å²) in [4.78, 5) is 15.2. The van der Waals surface area contributed by atoms with Crippen molar-refractivity contribution in [3.63, 3.8) is 0 Å². The van der Waals surface area contributed by atoms with E-state index in [1.165, 1.54) is 47.8 Å². The van der Waals surface area contributed by atoms with Crippen LogP contribution in [0.5, 0.6) is 5.75 Å². The van der Waals surface area contributed by atoms with Crippen LogP contribution in [0.3, 0.4) is 0 Å². The number of anilines is 1. The molecule has 0 aromatic heterocycles. The Kier molecular flexibility index (Phi) is 10.1. The van der Waals surface area contributed by atoms with Crippen molar-refractivity contribution in [3.05, 3.63) is 82.9 Å². The molecule has 0 saturated carbocycles. The summed E-state index contributed by atoms with van der Waals surface area (Å²) in [7, 11) is -6.31. The van der Waals surface area contributed by atoms with Crippen LogP contribution in [0.25, 0.3) is 0 Å². The van der Waals surface area contributed by atoms with E-state index in [9.17, 15) is 26.7 Å². The number of halogens is 1. The number of ether oxygens (including phenoxy) is 1. The molecule has 0 aliphatic carbocycles. The molecule has 0 fully saturated rings. The lowest BCUT2D eigenvalue weighted by molar-refractivity contribution is -0.134. The van der Waals surface area contributed by atoms with Gasteiger partial charge in [-0.25, -0.2) is 16.8 Å². The Labute approximate surface area is 258 Å². The van der Waals surface area contributed by atoms with Crippen LogP contribution in [0.2, 0.25) is 5.02 Å². The number of nitrogens with zero attached hydrogens (tertiary/aromatic N) is 2. The number of carbonyl (C=O) groups excluding carboxylic acids is 1. The van der Waals surface area contributed by atoms with Gasteiger partial charge in [-0.2, -0.15) is 4.31 Å². The van der Waals surface area contributed by atoms with Gasteiger partial charge in [-0.15, -0.1) is 0 Å². The molecular formula is C30H36ClN3O7S2. The van der Waals surface area contributed by atoms with Gasteiger partial charge in [0.1, 0.15) is 11.9 Å². The van der Waals surface area contributed by atoms with Gasteiger partial charge in [-0.05, 0) is 68.4 Å². The van der Waals surface area contributed by atoms with Crippen LogP contribution in [0.15, 0.2) is 76.5 Å². The van der Waals surface area contributed by atoms with E-state index >= 15 is 0 Å². The maximum atomic E-state index is 13.5. The lowest BCUT2D eigenvalue weighted by Crippen LogP contribution is -2.48. The highest BCUT2D eigenvalue weighted by Crippen LogP contribution is 2.31. The third-order valence-corrected chi connectivity index (χ3v) is 10.9. The first-order valence-corrected chi connectivity index (χ1v) is 17.0. The van der Waals surface area contributed by atoms with E-state index in [0.29, 0.717) is 16.3 Å². The average Bonchev–Trinajstić information content (AvgIpc) is 3.00. The highest BCUT2D eigenvalue weighted by molar-refractivity contribution is 7.92. The maximum absolute atomic E-state index is 13.5. The maximum Gasteiger partial charge on any atom is 0.261 e. The van der Waals surface area contributed by atoms with Gasteiger partial charge in [0.25, 0.3) is 10.0 Å². The quantitative estimate of drug-likeness (QED) is 0.359. The number of amides is 1. The van der Waals surface area contributed by atoms with Crippen molar-refractivity contribution in [1.82, 2.24) is 9.21 Å². The number of rotatable bonds is 9. The number of benzene rings is 3. The van der Waals surface area contributed by atoms with Crippen LogP contribution < -0.4 is 9.46 Å². The lowest BCUT2D eigenvalue weighted by Gasteiger charge is -2.33. The van der Waals surface area contributed by atoms with Crippen molar-refractivity contribution >= 4 is 43.2 Å². The largest absolute Gasteiger partial charge is 0.488 e. The van der Waals surface area contributed by atoms with Gasteiger partial charge >= 0.3 is 0 Å². The second-order valence-electron chi connectivity index (χ2n) is 10.9. The van der Waals surface area contributed by atoms with Crippen LogP contribution in [-0.4, -0.2) is 75.9 Å². The third kappa shape index (κ3) is 7.68. The average molecular weight is 650 g/mol. The Bertz CT molecular complexity index is 1660. The fourth-order valence-electron chi connectivity index (χ4n) is 4.78. The summed E-state index contributed by atoms with van der Waals surface area (Å²) in [6.45, 7) is 5.40. The Morgan fingerprint density at radius 1 is 1.05 bits per heavy atom. The SMILES string of the molecule is Cc1ccc(S(=O)(=O)N(C)C[C@@H]2Oc3ccc(NS(=O)(=O)c4ccc(Cl)cc4)cc3CC(=O)N([C@@H](C)CO)C[C@@H]2C)cc1. The predicted molar refractivity (Wildman–Crippen MR) is 165 cm³/mol. The zero-order chi connectivity index (χ0) is 31.5. The minimum absolute atomic E-state index is 0.0161. The first kappa shape index (κ1) is 32.7. The Morgan fingerprint density at radius 2 is 1.67 bits per heavy atom. The van der Waals surface area contributed by atoms with Gasteiger partial charge in [0.05, 0.1) is 35.4 Å². The molecule has 43 heavy (non-hydrogen) atoms. The van der Waals surface area contributed by atoms with Crippen LogP contribution in [0, 0.1) is 12.8 Å². The first-order valence-electron chi connectivity index (χ1n) is 13.7. The smallest absolute Gasteiger partial charge is 0.261 e. The van der Waals surface area contributed by atoms with Gasteiger partial charge < -0.3 is 14.7 Å². The number of hydrogen-bond acceptors (Lipinski definition) is 7. The van der Waals surface area contributed by atoms with E-state index in [1.54, 1.807) is 42.2 Å². The number of aryl methyl sites for hydroxylation is 1. The molecule has 1 aliphatic rings. The molecule has 4 rings (SSSR count). The number of sulfonamides is 2. The second kappa shape index (κ2) is 13.2. The molecule has 3 atom stereocenters. The molecule has 2 N–H and O–H groups in total. The van der Waals surface area contributed by atoms with Gasteiger partial charge in [-0.3, -0.25) is 9.52 Å². The number of likely N-dealkylation sites (N-methyl/N-ethyl adjacent to an activating group) is 1. The Hall–Kier alpha value is -3.16. The molecule has 1 heterocycles. The topological polar surface area (TPSA) is 133 Å². The molecule has 13 heteroatoms. The minimum atomic E-state index is -3.95. The number of aliphatic hydroxyl groups excluding tert-OH is 1. The molecule has 3 aromatic carbocycles. The molecule has 10 nitrogen and oxygen atoms in total. The molecule has 1 amide bonds. The standard InChI is InChI=1S/C30H36ClN3O7S2/c1-20-5-10-27(11-6-20)43(39,40)33(4)18-29-21(2)17-34(22(3)19-35)30(36)16-23-15-25(9-14-28(23)41-29)32-42(37,38)26-12-7-24(31)8-13-26/h5-15,21-22,29,32,35H,16-19H2,1-4H3/t21-,22-,29-/m0/s1. The molecule has 0 unspecified atom stereocenters. The summed E-state index contributed by atoms with van der Waals surface area (Å²) in [5.74, 6) is -0.279. The van der Waals surface area contributed by atoms with E-state index in [0.717, 1.165) is 5.56 Å². The van der Waals surface area contributed by atoms with Gasteiger partial charge in [0.2, 0.25) is 15.9 Å². The predicted octanol–water partition coefficient (Wildman–Crippen LogP) is 3.92. The van der Waals surface area contributed by atoms with Gasteiger partial charge in [-0.1, -0.05) is 36.2 Å². The molecule has 3 aromatic rings. The number of carbonyl (C=O) groups is 1. The lowest BCUT2D eigenvalue weighted by atomic mass is 10.0.